The highest BCUT2D eigenvalue weighted by atomic mass is 35.5. The van der Waals surface area contributed by atoms with Crippen molar-refractivity contribution in [3.05, 3.63) is 28.2 Å². The van der Waals surface area contributed by atoms with Gasteiger partial charge >= 0.3 is 0 Å². The molecule has 1 aliphatic rings. The van der Waals surface area contributed by atoms with E-state index in [2.05, 4.69) is 15.5 Å². The molecule has 1 fully saturated rings. The maximum absolute atomic E-state index is 12.0. The SMILES string of the molecule is CNCC1CCN(CCC(=O)Nc2cc(Cl)ccc2Cl)C1.Cl. The second kappa shape index (κ2) is 9.58. The smallest absolute Gasteiger partial charge is 0.225 e. The van der Waals surface area contributed by atoms with Crippen LogP contribution in [0.25, 0.3) is 0 Å². The summed E-state index contributed by atoms with van der Waals surface area (Å²) < 4.78 is 0. The highest BCUT2D eigenvalue weighted by Gasteiger charge is 2.21. The van der Waals surface area contributed by atoms with Crippen LogP contribution in [0.1, 0.15) is 12.8 Å². The number of likely N-dealkylation sites (tertiary alicyclic amines) is 1. The number of amides is 1. The van der Waals surface area contributed by atoms with Crippen molar-refractivity contribution in [3.63, 3.8) is 0 Å². The van der Waals surface area contributed by atoms with Gasteiger partial charge in [-0.25, -0.2) is 0 Å². The Labute approximate surface area is 147 Å². The zero-order chi connectivity index (χ0) is 15.2. The average molecular weight is 367 g/mol. The number of hydrogen-bond acceptors (Lipinski definition) is 3. The number of benzene rings is 1. The number of carbonyl (C=O) groups is 1. The average Bonchev–Trinajstić information content (AvgIpc) is 2.89. The fourth-order valence-electron chi connectivity index (χ4n) is 2.64. The van der Waals surface area contributed by atoms with Gasteiger partial charge in [0.25, 0.3) is 0 Å². The van der Waals surface area contributed by atoms with Crippen molar-refractivity contribution in [2.75, 3.05) is 38.5 Å². The highest BCUT2D eigenvalue weighted by Crippen LogP contribution is 2.25. The van der Waals surface area contributed by atoms with Crippen LogP contribution in [0, 0.1) is 5.92 Å². The van der Waals surface area contributed by atoms with E-state index in [1.165, 1.54) is 6.42 Å². The van der Waals surface area contributed by atoms with Gasteiger partial charge in [-0.1, -0.05) is 23.2 Å². The molecule has 0 bridgehead atoms. The number of halogens is 3. The first-order valence-electron chi connectivity index (χ1n) is 7.20. The van der Waals surface area contributed by atoms with Gasteiger partial charge in [0.2, 0.25) is 5.91 Å². The summed E-state index contributed by atoms with van der Waals surface area (Å²) in [5, 5.41) is 7.09. The Kier molecular flexibility index (Phi) is 8.50. The monoisotopic (exact) mass is 365 g/mol. The third-order valence-electron chi connectivity index (χ3n) is 3.72. The molecule has 0 aromatic heterocycles. The van der Waals surface area contributed by atoms with E-state index < -0.39 is 0 Å². The molecule has 1 atom stereocenters. The van der Waals surface area contributed by atoms with Crippen LogP contribution in [0.3, 0.4) is 0 Å². The maximum atomic E-state index is 12.0. The molecule has 7 heteroatoms. The second-order valence-electron chi connectivity index (χ2n) is 5.44. The van der Waals surface area contributed by atoms with Crippen LogP contribution in [0.5, 0.6) is 0 Å². The van der Waals surface area contributed by atoms with Crippen LogP contribution in [0.2, 0.25) is 10.0 Å². The topological polar surface area (TPSA) is 44.4 Å². The van der Waals surface area contributed by atoms with E-state index in [4.69, 9.17) is 23.2 Å². The van der Waals surface area contributed by atoms with Crippen LogP contribution in [-0.4, -0.2) is 44.0 Å². The fraction of sp³-hybridized carbons (Fsp3) is 0.533. The first kappa shape index (κ1) is 19.5. The minimum atomic E-state index is -0.0313. The van der Waals surface area contributed by atoms with Crippen molar-refractivity contribution in [1.29, 1.82) is 0 Å². The second-order valence-corrected chi connectivity index (χ2v) is 6.28. The maximum Gasteiger partial charge on any atom is 0.225 e. The lowest BCUT2D eigenvalue weighted by molar-refractivity contribution is -0.116. The third-order valence-corrected chi connectivity index (χ3v) is 4.29. The fourth-order valence-corrected chi connectivity index (χ4v) is 2.97. The molecule has 0 spiro atoms. The summed E-state index contributed by atoms with van der Waals surface area (Å²) in [7, 11) is 1.98. The summed E-state index contributed by atoms with van der Waals surface area (Å²) in [6, 6.07) is 5.05. The molecule has 0 saturated carbocycles. The number of nitrogens with zero attached hydrogens (tertiary/aromatic N) is 1. The first-order valence-corrected chi connectivity index (χ1v) is 7.96. The standard InChI is InChI=1S/C15H21Cl2N3O.ClH/c1-18-9-11-4-6-20(10-11)7-5-15(21)19-14-8-12(16)2-3-13(14)17;/h2-3,8,11,18H,4-7,9-10H2,1H3,(H,19,21);1H. The Morgan fingerprint density at radius 3 is 2.91 bits per heavy atom. The Balaban J connectivity index is 0.00000242. The molecule has 1 aliphatic heterocycles. The van der Waals surface area contributed by atoms with E-state index in [1.54, 1.807) is 18.2 Å². The lowest BCUT2D eigenvalue weighted by atomic mass is 10.1. The minimum Gasteiger partial charge on any atom is -0.325 e. The van der Waals surface area contributed by atoms with E-state index in [9.17, 15) is 4.79 Å². The van der Waals surface area contributed by atoms with Crippen LogP contribution >= 0.6 is 35.6 Å². The summed E-state index contributed by atoms with van der Waals surface area (Å²) in [6.07, 6.45) is 1.66. The number of carbonyl (C=O) groups excluding carboxylic acids is 1. The molecule has 0 aliphatic carbocycles. The predicted molar refractivity (Wildman–Crippen MR) is 95.4 cm³/mol. The van der Waals surface area contributed by atoms with Crippen LogP contribution < -0.4 is 10.6 Å². The Morgan fingerprint density at radius 1 is 1.41 bits per heavy atom. The molecule has 1 amide bonds. The highest BCUT2D eigenvalue weighted by molar-refractivity contribution is 6.35. The molecule has 1 heterocycles. The van der Waals surface area contributed by atoms with Crippen molar-refractivity contribution in [2.24, 2.45) is 5.92 Å². The predicted octanol–water partition coefficient (Wildman–Crippen LogP) is 3.29. The molecule has 0 radical (unpaired) electrons. The van der Waals surface area contributed by atoms with Gasteiger partial charge in [-0.2, -0.15) is 0 Å². The molecule has 4 nitrogen and oxygen atoms in total. The zero-order valence-corrected chi connectivity index (χ0v) is 14.9. The van der Waals surface area contributed by atoms with Crippen LogP contribution in [0.4, 0.5) is 5.69 Å². The molecule has 1 unspecified atom stereocenters. The summed E-state index contributed by atoms with van der Waals surface area (Å²) in [5.41, 5.74) is 0.573. The Bertz CT molecular complexity index is 499. The number of nitrogens with one attached hydrogen (secondary N) is 2. The number of rotatable bonds is 6. The third kappa shape index (κ3) is 5.94. The molecule has 1 saturated heterocycles. The van der Waals surface area contributed by atoms with Gasteiger partial charge in [0.15, 0.2) is 0 Å². The lowest BCUT2D eigenvalue weighted by Gasteiger charge is -2.16. The van der Waals surface area contributed by atoms with Crippen LogP contribution in [0.15, 0.2) is 18.2 Å². The summed E-state index contributed by atoms with van der Waals surface area (Å²) >= 11 is 11.9. The minimum absolute atomic E-state index is 0. The first-order chi connectivity index (χ1) is 10.1. The largest absolute Gasteiger partial charge is 0.325 e. The quantitative estimate of drug-likeness (QED) is 0.812. The van der Waals surface area contributed by atoms with Crippen molar-refractivity contribution in [2.45, 2.75) is 12.8 Å². The van der Waals surface area contributed by atoms with Gasteiger partial charge in [-0.05, 0) is 50.7 Å². The van der Waals surface area contributed by atoms with Crippen molar-refractivity contribution < 1.29 is 4.79 Å². The zero-order valence-electron chi connectivity index (χ0n) is 12.6. The number of anilines is 1. The number of hydrogen-bond donors (Lipinski definition) is 2. The molecular weight excluding hydrogens is 345 g/mol. The summed E-state index contributed by atoms with van der Waals surface area (Å²) in [4.78, 5) is 14.3. The van der Waals surface area contributed by atoms with Gasteiger partial charge in [0, 0.05) is 24.5 Å². The van der Waals surface area contributed by atoms with Gasteiger partial charge in [0.1, 0.15) is 0 Å². The molecule has 22 heavy (non-hydrogen) atoms. The summed E-state index contributed by atoms with van der Waals surface area (Å²) in [5.74, 6) is 0.664. The Morgan fingerprint density at radius 2 is 2.18 bits per heavy atom. The summed E-state index contributed by atoms with van der Waals surface area (Å²) in [6.45, 7) is 3.95. The van der Waals surface area contributed by atoms with E-state index in [-0.39, 0.29) is 18.3 Å². The molecule has 1 aromatic rings. The normalized spacial score (nSPS) is 18.0. The van der Waals surface area contributed by atoms with Crippen LogP contribution in [-0.2, 0) is 4.79 Å². The van der Waals surface area contributed by atoms with Gasteiger partial charge in [0.05, 0.1) is 10.7 Å². The molecule has 2 N–H and O–H groups in total. The van der Waals surface area contributed by atoms with Gasteiger partial charge < -0.3 is 15.5 Å². The van der Waals surface area contributed by atoms with Gasteiger partial charge in [-0.15, -0.1) is 12.4 Å². The molecular formula is C15H22Cl3N3O. The molecule has 2 rings (SSSR count). The van der Waals surface area contributed by atoms with Crippen molar-refractivity contribution in [3.8, 4) is 0 Å². The van der Waals surface area contributed by atoms with Crippen molar-refractivity contribution >= 4 is 47.2 Å². The van der Waals surface area contributed by atoms with Crippen molar-refractivity contribution in [1.82, 2.24) is 10.2 Å². The van der Waals surface area contributed by atoms with E-state index in [1.807, 2.05) is 7.05 Å². The Hall–Kier alpha value is -0.520. The van der Waals surface area contributed by atoms with E-state index in [0.717, 1.165) is 26.2 Å². The molecule has 1 aromatic carbocycles. The molecule has 124 valence electrons. The van der Waals surface area contributed by atoms with E-state index in [0.29, 0.717) is 28.1 Å². The van der Waals surface area contributed by atoms with E-state index >= 15 is 0 Å². The lowest BCUT2D eigenvalue weighted by Crippen LogP contribution is -2.27. The van der Waals surface area contributed by atoms with Gasteiger partial charge in [-0.3, -0.25) is 4.79 Å².